The Morgan fingerprint density at radius 3 is 2.07 bits per heavy atom. The molecule has 0 saturated carbocycles. The van der Waals surface area contributed by atoms with Crippen LogP contribution < -0.4 is 4.90 Å². The van der Waals surface area contributed by atoms with Crippen LogP contribution in [0.5, 0.6) is 0 Å². The second-order valence-corrected chi connectivity index (χ2v) is 5.54. The van der Waals surface area contributed by atoms with Gasteiger partial charge in [0.25, 0.3) is 0 Å². The predicted octanol–water partition coefficient (Wildman–Crippen LogP) is 5.62. The third-order valence-electron chi connectivity index (χ3n) is 3.78. The summed E-state index contributed by atoms with van der Waals surface area (Å²) < 4.78 is 0. The van der Waals surface area contributed by atoms with Crippen LogP contribution in [0.1, 0.15) is 64.9 Å². The van der Waals surface area contributed by atoms with E-state index in [0.717, 1.165) is 40.6 Å². The molecule has 0 N–H and O–H groups in total. The molecule has 0 aromatic carbocycles. The molecule has 27 heavy (non-hydrogen) atoms. The number of aromatic nitrogens is 3. The number of hydrogen-bond acceptors (Lipinski definition) is 4. The third kappa shape index (κ3) is 9.15. The largest absolute Gasteiger partial charge is 0.347 e. The smallest absolute Gasteiger partial charge is 0.225 e. The summed E-state index contributed by atoms with van der Waals surface area (Å²) in [6.45, 7) is 16.4. The summed E-state index contributed by atoms with van der Waals surface area (Å²) in [5.74, 6) is 2.02. The fourth-order valence-corrected chi connectivity index (χ4v) is 2.09. The summed E-state index contributed by atoms with van der Waals surface area (Å²) in [6.07, 6.45) is 2.86. The number of aryl methyl sites for hydroxylation is 1. The third-order valence-corrected chi connectivity index (χ3v) is 3.78. The Bertz CT molecular complexity index is 648. The summed E-state index contributed by atoms with van der Waals surface area (Å²) in [5, 5.41) is 0. The van der Waals surface area contributed by atoms with Crippen molar-refractivity contribution in [2.24, 2.45) is 0 Å². The Balaban J connectivity index is -0.000000899. The molecule has 149 valence electrons. The zero-order chi connectivity index (χ0) is 19.6. The van der Waals surface area contributed by atoms with Crippen LogP contribution in [0.15, 0.2) is 18.3 Å². The number of pyridine rings is 1. The Kier molecular flexibility index (Phi) is 19.3. The van der Waals surface area contributed by atoms with Crippen LogP contribution in [0.25, 0.3) is 11.3 Å². The molecular weight excluding hydrogens is 581 g/mol. The van der Waals surface area contributed by atoms with Crippen LogP contribution in [-0.2, 0) is 53.8 Å². The second kappa shape index (κ2) is 16.6. The van der Waals surface area contributed by atoms with Crippen molar-refractivity contribution in [2.75, 3.05) is 19.0 Å². The average Bonchev–Trinajstić information content (AvgIpc) is 2.66. The zero-order valence-electron chi connectivity index (χ0n) is 18.7. The monoisotopic (exact) mass is 616 g/mol. The minimum Gasteiger partial charge on any atom is -0.347 e. The van der Waals surface area contributed by atoms with Crippen molar-refractivity contribution in [1.29, 1.82) is 0 Å². The molecule has 2 aromatic heterocycles. The van der Waals surface area contributed by atoms with Gasteiger partial charge in [0.2, 0.25) is 5.95 Å². The van der Waals surface area contributed by atoms with E-state index in [9.17, 15) is 0 Å². The van der Waals surface area contributed by atoms with Crippen molar-refractivity contribution < 1.29 is 53.8 Å². The quantitative estimate of drug-likeness (QED) is 0.419. The number of anilines is 1. The molecule has 1 radical (unpaired) electrons. The van der Waals surface area contributed by atoms with Crippen LogP contribution in [0, 0.1) is 19.8 Å². The molecule has 0 atom stereocenters. The van der Waals surface area contributed by atoms with Gasteiger partial charge in [0.15, 0.2) is 0 Å². The molecule has 4 nitrogen and oxygen atoms in total. The Morgan fingerprint density at radius 1 is 1.04 bits per heavy atom. The average molecular weight is 616 g/mol. The van der Waals surface area contributed by atoms with Crippen LogP contribution in [0.4, 0.5) is 5.95 Å². The van der Waals surface area contributed by atoms with Gasteiger partial charge in [-0.3, -0.25) is 4.98 Å². The SMILES string of the molecule is CC.CC.CC[C-](C)c1cc(-c2nc(N(C)C)nc(C)c2C)ccn1.[W].[Y]. The van der Waals surface area contributed by atoms with Gasteiger partial charge in [0, 0.05) is 79.8 Å². The van der Waals surface area contributed by atoms with E-state index in [-0.39, 0.29) is 53.8 Å². The Hall–Kier alpha value is -0.308. The molecule has 6 heteroatoms. The van der Waals surface area contributed by atoms with Crippen molar-refractivity contribution in [2.45, 2.75) is 61.8 Å². The number of hydrogen-bond donors (Lipinski definition) is 0. The van der Waals surface area contributed by atoms with Crippen molar-refractivity contribution >= 4 is 5.95 Å². The topological polar surface area (TPSA) is 41.9 Å². The van der Waals surface area contributed by atoms with Crippen LogP contribution in [-0.4, -0.2) is 29.0 Å². The van der Waals surface area contributed by atoms with E-state index in [2.05, 4.69) is 36.8 Å². The van der Waals surface area contributed by atoms with Crippen LogP contribution in [0.3, 0.4) is 0 Å². The molecule has 0 fully saturated rings. The Labute approximate surface area is 206 Å². The van der Waals surface area contributed by atoms with Gasteiger partial charge in [-0.1, -0.05) is 58.4 Å². The van der Waals surface area contributed by atoms with Gasteiger partial charge in [0.05, 0.1) is 5.69 Å². The minimum absolute atomic E-state index is 0. The van der Waals surface area contributed by atoms with Crippen molar-refractivity contribution in [3.8, 4) is 11.3 Å². The van der Waals surface area contributed by atoms with Crippen molar-refractivity contribution in [1.82, 2.24) is 15.0 Å². The maximum atomic E-state index is 4.71. The molecule has 2 rings (SSSR count). The fraction of sp³-hybridized carbons (Fsp3) is 0.524. The summed E-state index contributed by atoms with van der Waals surface area (Å²) in [4.78, 5) is 15.6. The van der Waals surface area contributed by atoms with E-state index in [4.69, 9.17) is 4.98 Å². The van der Waals surface area contributed by atoms with Crippen molar-refractivity contribution in [3.05, 3.63) is 41.2 Å². The van der Waals surface area contributed by atoms with Gasteiger partial charge in [0.1, 0.15) is 0 Å². The maximum absolute atomic E-state index is 4.71. The van der Waals surface area contributed by atoms with E-state index in [0.29, 0.717) is 0 Å². The summed E-state index contributed by atoms with van der Waals surface area (Å²) in [5.41, 5.74) is 5.25. The summed E-state index contributed by atoms with van der Waals surface area (Å²) >= 11 is 0. The van der Waals surface area contributed by atoms with Crippen LogP contribution >= 0.6 is 0 Å². The van der Waals surface area contributed by atoms with Crippen molar-refractivity contribution in [3.63, 3.8) is 0 Å². The van der Waals surface area contributed by atoms with E-state index in [1.54, 1.807) is 0 Å². The standard InChI is InChI=1S/C17H23N4.2C2H6.W.Y/c1-7-11(2)15-10-14(8-9-18-15)16-12(3)13(4)19-17(20-16)21(5)6;2*1-2;;/h8-10H,7H2,1-6H3;2*1-2H3;;/q-1;;;;. The maximum Gasteiger partial charge on any atom is 0.225 e. The van der Waals surface area contributed by atoms with E-state index in [1.807, 2.05) is 65.9 Å². The molecule has 0 spiro atoms. The van der Waals surface area contributed by atoms with Gasteiger partial charge in [-0.2, -0.15) is 12.0 Å². The van der Waals surface area contributed by atoms with E-state index in [1.165, 1.54) is 5.92 Å². The van der Waals surface area contributed by atoms with Gasteiger partial charge in [-0.25, -0.2) is 9.97 Å². The first-order chi connectivity index (χ1) is 11.9. The van der Waals surface area contributed by atoms with Gasteiger partial charge in [-0.15, -0.1) is 6.92 Å². The zero-order valence-corrected chi connectivity index (χ0v) is 24.5. The molecule has 0 aliphatic rings. The Morgan fingerprint density at radius 2 is 1.59 bits per heavy atom. The number of rotatable bonds is 4. The fourth-order valence-electron chi connectivity index (χ4n) is 2.09. The summed E-state index contributed by atoms with van der Waals surface area (Å²) in [6, 6.07) is 4.13. The molecule has 2 heterocycles. The molecule has 0 aliphatic heterocycles. The molecular formula is C21H35N4WY-. The molecule has 0 amide bonds. The predicted molar refractivity (Wildman–Crippen MR) is 110 cm³/mol. The number of nitrogens with zero attached hydrogens (tertiary/aromatic N) is 4. The molecule has 2 aromatic rings. The minimum atomic E-state index is 0. The second-order valence-electron chi connectivity index (χ2n) is 5.54. The molecule has 0 unspecified atom stereocenters. The molecule has 0 aliphatic carbocycles. The van der Waals surface area contributed by atoms with Crippen LogP contribution in [0.2, 0.25) is 0 Å². The molecule has 0 bridgehead atoms. The summed E-state index contributed by atoms with van der Waals surface area (Å²) in [7, 11) is 3.92. The first-order valence-electron chi connectivity index (χ1n) is 9.25. The van der Waals surface area contributed by atoms with Gasteiger partial charge >= 0.3 is 0 Å². The molecule has 0 saturated heterocycles. The van der Waals surface area contributed by atoms with E-state index < -0.39 is 0 Å². The van der Waals surface area contributed by atoms with Gasteiger partial charge < -0.3 is 4.90 Å². The first-order valence-corrected chi connectivity index (χ1v) is 9.25. The first kappa shape index (κ1) is 31.4. The normalized spacial score (nSPS) is 8.67. The van der Waals surface area contributed by atoms with Gasteiger partial charge in [-0.05, 0) is 19.4 Å². The van der Waals surface area contributed by atoms with E-state index >= 15 is 0 Å².